The Morgan fingerprint density at radius 2 is 1.15 bits per heavy atom. The minimum absolute atomic E-state index is 0.557. The second kappa shape index (κ2) is 11.0. The summed E-state index contributed by atoms with van der Waals surface area (Å²) >= 11 is -2.17. The van der Waals surface area contributed by atoms with E-state index in [2.05, 4.69) is 0 Å². The van der Waals surface area contributed by atoms with Crippen molar-refractivity contribution >= 4 is 23.9 Å². The van der Waals surface area contributed by atoms with Gasteiger partial charge in [-0.3, -0.25) is 19.4 Å². The van der Waals surface area contributed by atoms with Crippen molar-refractivity contribution in [1.29, 1.82) is 0 Å². The van der Waals surface area contributed by atoms with Crippen LogP contribution in [0.2, 0.25) is 0 Å². The summed E-state index contributed by atoms with van der Waals surface area (Å²) in [6.07, 6.45) is -0.784. The molecule has 0 amide bonds. The van der Waals surface area contributed by atoms with Gasteiger partial charge >= 0.3 is 11.4 Å². The lowest BCUT2D eigenvalue weighted by atomic mass is 10.4. The molecule has 0 aliphatic heterocycles. The molecule has 0 N–H and O–H groups in total. The van der Waals surface area contributed by atoms with E-state index in [1.165, 1.54) is 0 Å². The molecule has 0 bridgehead atoms. The van der Waals surface area contributed by atoms with Crippen LogP contribution in [0.4, 0.5) is 0 Å². The monoisotopic (exact) mass is 308 g/mol. The van der Waals surface area contributed by atoms with Crippen molar-refractivity contribution in [2.24, 2.45) is 0 Å². The van der Waals surface area contributed by atoms with Crippen molar-refractivity contribution in [2.75, 3.05) is 26.2 Å². The van der Waals surface area contributed by atoms with Crippen molar-refractivity contribution in [3.8, 4) is 0 Å². The van der Waals surface area contributed by atoms with Crippen molar-refractivity contribution in [2.45, 2.75) is 40.2 Å². The maximum Gasteiger partial charge on any atom is 0.308 e. The van der Waals surface area contributed by atoms with Gasteiger partial charge in [-0.25, -0.2) is 8.37 Å². The van der Waals surface area contributed by atoms with Crippen LogP contribution >= 0.6 is 0 Å². The molecule has 0 saturated heterocycles. The number of rotatable bonds is 12. The van der Waals surface area contributed by atoms with Gasteiger partial charge in [0.2, 0.25) is 0 Å². The second-order valence-electron chi connectivity index (χ2n) is 3.89. The largest absolute Gasteiger partial charge is 0.308 e. The van der Waals surface area contributed by atoms with Crippen molar-refractivity contribution in [3.05, 3.63) is 0 Å². The maximum absolute atomic E-state index is 11.7. The van der Waals surface area contributed by atoms with Crippen LogP contribution < -0.4 is 0 Å². The Morgan fingerprint density at radius 3 is 1.35 bits per heavy atom. The predicted molar refractivity (Wildman–Crippen MR) is 75.9 cm³/mol. The quantitative estimate of drug-likeness (QED) is 0.380. The zero-order valence-corrected chi connectivity index (χ0v) is 13.3. The highest BCUT2D eigenvalue weighted by Gasteiger charge is 2.24. The van der Waals surface area contributed by atoms with E-state index in [0.29, 0.717) is 38.8 Å². The standard InChI is InChI=1S/C12H24N2O5S/c1-5-13(6-2)11(9-15)18-20(17)19-12(10-16)14(7-3)8-4/h9-12H,5-8H2,1-4H3. The molecule has 0 aromatic heterocycles. The molecule has 0 radical (unpaired) electrons. The van der Waals surface area contributed by atoms with Gasteiger partial charge in [0.05, 0.1) is 0 Å². The normalized spacial score (nSPS) is 16.1. The van der Waals surface area contributed by atoms with Gasteiger partial charge in [0.1, 0.15) is 0 Å². The molecule has 0 aromatic rings. The van der Waals surface area contributed by atoms with Crippen molar-refractivity contribution in [1.82, 2.24) is 9.80 Å². The Kier molecular flexibility index (Phi) is 10.7. The molecule has 20 heavy (non-hydrogen) atoms. The van der Waals surface area contributed by atoms with Crippen LogP contribution in [0.1, 0.15) is 27.7 Å². The first-order chi connectivity index (χ1) is 9.57. The van der Waals surface area contributed by atoms with Gasteiger partial charge in [0.15, 0.2) is 25.0 Å². The number of nitrogens with zero attached hydrogens (tertiary/aromatic N) is 2. The summed E-state index contributed by atoms with van der Waals surface area (Å²) in [7, 11) is 0. The van der Waals surface area contributed by atoms with Gasteiger partial charge in [-0.15, -0.1) is 0 Å². The number of hydrogen-bond acceptors (Lipinski definition) is 7. The lowest BCUT2D eigenvalue weighted by molar-refractivity contribution is -0.124. The summed E-state index contributed by atoms with van der Waals surface area (Å²) in [5.74, 6) is 0. The van der Waals surface area contributed by atoms with Crippen LogP contribution in [0, 0.1) is 0 Å². The number of hydrogen-bond donors (Lipinski definition) is 0. The summed E-state index contributed by atoms with van der Waals surface area (Å²) in [5.41, 5.74) is 0. The molecular weight excluding hydrogens is 284 g/mol. The van der Waals surface area contributed by atoms with E-state index in [1.807, 2.05) is 27.7 Å². The first-order valence-electron chi connectivity index (χ1n) is 6.72. The molecule has 0 aliphatic rings. The predicted octanol–water partition coefficient (Wildman–Crippen LogP) is 0.332. The van der Waals surface area contributed by atoms with E-state index in [9.17, 15) is 13.8 Å². The van der Waals surface area contributed by atoms with Gasteiger partial charge < -0.3 is 0 Å². The average molecular weight is 308 g/mol. The molecule has 0 fully saturated rings. The Hall–Kier alpha value is -0.670. The van der Waals surface area contributed by atoms with E-state index >= 15 is 0 Å². The molecule has 8 heteroatoms. The summed E-state index contributed by atoms with van der Waals surface area (Å²) < 4.78 is 21.8. The smallest absolute Gasteiger partial charge is 0.299 e. The van der Waals surface area contributed by atoms with Crippen LogP contribution in [0.3, 0.4) is 0 Å². The van der Waals surface area contributed by atoms with Gasteiger partial charge in [0.25, 0.3) is 0 Å². The third-order valence-corrected chi connectivity index (χ3v) is 3.64. The third-order valence-electron chi connectivity index (χ3n) is 2.93. The van der Waals surface area contributed by atoms with Crippen LogP contribution in [0.5, 0.6) is 0 Å². The van der Waals surface area contributed by atoms with Crippen LogP contribution in [-0.4, -0.2) is 65.2 Å². The minimum Gasteiger partial charge on any atom is -0.299 e. The molecular formula is C12H24N2O5S. The zero-order valence-electron chi connectivity index (χ0n) is 12.5. The maximum atomic E-state index is 11.7. The van der Waals surface area contributed by atoms with Crippen molar-refractivity contribution < 1.29 is 22.2 Å². The first-order valence-corrected chi connectivity index (χ1v) is 7.72. The van der Waals surface area contributed by atoms with Gasteiger partial charge in [-0.1, -0.05) is 27.7 Å². The Balaban J connectivity index is 4.58. The molecule has 2 unspecified atom stereocenters. The molecule has 0 spiro atoms. The summed E-state index contributed by atoms with van der Waals surface area (Å²) in [6.45, 7) is 9.73. The van der Waals surface area contributed by atoms with Gasteiger partial charge in [0, 0.05) is 0 Å². The average Bonchev–Trinajstić information content (AvgIpc) is 2.47. The highest BCUT2D eigenvalue weighted by Crippen LogP contribution is 2.07. The fraction of sp³-hybridized carbons (Fsp3) is 0.833. The molecule has 7 nitrogen and oxygen atoms in total. The fourth-order valence-electron chi connectivity index (χ4n) is 1.69. The van der Waals surface area contributed by atoms with Crippen LogP contribution in [-0.2, 0) is 29.3 Å². The van der Waals surface area contributed by atoms with E-state index in [1.54, 1.807) is 9.80 Å². The Morgan fingerprint density at radius 1 is 0.850 bits per heavy atom. The van der Waals surface area contributed by atoms with Gasteiger partial charge in [-0.05, 0) is 26.2 Å². The fourth-order valence-corrected chi connectivity index (χ4v) is 2.39. The number of aldehydes is 2. The lowest BCUT2D eigenvalue weighted by Crippen LogP contribution is -2.42. The summed E-state index contributed by atoms with van der Waals surface area (Å²) in [5, 5.41) is 0. The molecule has 118 valence electrons. The molecule has 0 saturated carbocycles. The van der Waals surface area contributed by atoms with Gasteiger partial charge in [-0.2, -0.15) is 4.21 Å². The minimum atomic E-state index is -2.17. The molecule has 0 rings (SSSR count). The molecule has 0 aliphatic carbocycles. The Labute approximate surface area is 123 Å². The number of likely N-dealkylation sites (N-methyl/N-ethyl adjacent to an activating group) is 2. The number of carbonyl (C=O) groups is 2. The highest BCUT2D eigenvalue weighted by atomic mass is 32.2. The lowest BCUT2D eigenvalue weighted by Gasteiger charge is -2.26. The molecule has 0 heterocycles. The van der Waals surface area contributed by atoms with Crippen LogP contribution in [0.15, 0.2) is 0 Å². The highest BCUT2D eigenvalue weighted by molar-refractivity contribution is 7.75. The van der Waals surface area contributed by atoms with E-state index < -0.39 is 23.8 Å². The van der Waals surface area contributed by atoms with E-state index in [4.69, 9.17) is 8.37 Å². The molecule has 2 atom stereocenters. The SMILES string of the molecule is CCN(CC)C(C=O)OS(=O)OC(C=O)N(CC)CC. The zero-order chi connectivity index (χ0) is 15.5. The second-order valence-corrected chi connectivity index (χ2v) is 4.69. The first kappa shape index (κ1) is 19.3. The van der Waals surface area contributed by atoms with Crippen LogP contribution in [0.25, 0.3) is 0 Å². The Bertz CT molecular complexity index is 280. The molecule has 0 aromatic carbocycles. The van der Waals surface area contributed by atoms with Crippen molar-refractivity contribution in [3.63, 3.8) is 0 Å². The topological polar surface area (TPSA) is 76.1 Å². The summed E-state index contributed by atoms with van der Waals surface area (Å²) in [4.78, 5) is 25.3. The third kappa shape index (κ3) is 6.19. The summed E-state index contributed by atoms with van der Waals surface area (Å²) in [6, 6.07) is 0. The van der Waals surface area contributed by atoms with E-state index in [-0.39, 0.29) is 0 Å². The van der Waals surface area contributed by atoms with E-state index in [0.717, 1.165) is 0 Å². The number of carbonyl (C=O) groups excluding carboxylic acids is 2.